The zero-order chi connectivity index (χ0) is 33.5. The summed E-state index contributed by atoms with van der Waals surface area (Å²) in [5.74, 6) is -0.420. The van der Waals surface area contributed by atoms with Gasteiger partial charge in [0, 0.05) is 32.7 Å². The molecule has 0 aliphatic heterocycles. The Labute approximate surface area is 281 Å². The molecule has 0 spiro atoms. The molecule has 1 aliphatic rings. The Bertz CT molecular complexity index is 1880. The molecule has 2 unspecified atom stereocenters. The number of benzene rings is 3. The van der Waals surface area contributed by atoms with E-state index in [1.54, 1.807) is 61.5 Å². The summed E-state index contributed by atoms with van der Waals surface area (Å²) in [6.45, 7) is 3.99. The maximum absolute atomic E-state index is 13.6. The van der Waals surface area contributed by atoms with Crippen molar-refractivity contribution in [3.05, 3.63) is 106 Å². The smallest absolute Gasteiger partial charge is 0.272 e. The van der Waals surface area contributed by atoms with Crippen LogP contribution in [0.3, 0.4) is 0 Å². The van der Waals surface area contributed by atoms with Gasteiger partial charge in [0.1, 0.15) is 28.3 Å². The molecule has 4 N–H and O–H groups in total. The maximum atomic E-state index is 13.6. The molecule has 1 aromatic heterocycles. The van der Waals surface area contributed by atoms with Crippen molar-refractivity contribution in [1.29, 1.82) is 5.26 Å². The van der Waals surface area contributed by atoms with Crippen molar-refractivity contribution in [2.24, 2.45) is 5.92 Å². The summed E-state index contributed by atoms with van der Waals surface area (Å²) in [6.07, 6.45) is 4.28. The third kappa shape index (κ3) is 8.22. The molecule has 0 bridgehead atoms. The van der Waals surface area contributed by atoms with Gasteiger partial charge in [0.25, 0.3) is 11.8 Å². The van der Waals surface area contributed by atoms with Crippen LogP contribution < -0.4 is 20.7 Å². The molecule has 4 aromatic rings. The van der Waals surface area contributed by atoms with Gasteiger partial charge in [-0.1, -0.05) is 31.2 Å². The van der Waals surface area contributed by atoms with Crippen LogP contribution in [0.15, 0.2) is 83.4 Å². The van der Waals surface area contributed by atoms with E-state index in [0.29, 0.717) is 39.0 Å². The van der Waals surface area contributed by atoms with Gasteiger partial charge in [-0.15, -0.1) is 23.1 Å². The van der Waals surface area contributed by atoms with Crippen molar-refractivity contribution in [3.63, 3.8) is 0 Å². The summed E-state index contributed by atoms with van der Waals surface area (Å²) < 4.78 is 5.36. The van der Waals surface area contributed by atoms with E-state index in [0.717, 1.165) is 29.7 Å². The first-order valence-electron chi connectivity index (χ1n) is 15.0. The van der Waals surface area contributed by atoms with Crippen LogP contribution in [0.2, 0.25) is 0 Å². The quantitative estimate of drug-likeness (QED) is 0.106. The number of nitrogens with zero attached hydrogens (tertiary/aromatic N) is 1. The molecule has 2 atom stereocenters. The minimum absolute atomic E-state index is 0.00908. The molecule has 0 saturated carbocycles. The van der Waals surface area contributed by atoms with E-state index in [9.17, 15) is 24.8 Å². The van der Waals surface area contributed by atoms with Crippen molar-refractivity contribution in [3.8, 4) is 17.6 Å². The fraction of sp³-hybridized carbons (Fsp3) is 0.222. The number of amides is 3. The molecule has 3 aromatic carbocycles. The summed E-state index contributed by atoms with van der Waals surface area (Å²) in [6, 6.07) is 22.3. The zero-order valence-corrected chi connectivity index (χ0v) is 27.8. The van der Waals surface area contributed by atoms with Gasteiger partial charge in [-0.05, 0) is 86.2 Å². The van der Waals surface area contributed by atoms with Gasteiger partial charge in [0.05, 0.1) is 17.9 Å². The van der Waals surface area contributed by atoms with Crippen LogP contribution in [0.25, 0.3) is 6.08 Å². The van der Waals surface area contributed by atoms with Gasteiger partial charge >= 0.3 is 0 Å². The van der Waals surface area contributed by atoms with Crippen LogP contribution in [-0.4, -0.2) is 35.2 Å². The number of carbonyl (C=O) groups excluding carboxylic acids is 3. The standard InChI is InChI=1S/C36H34N4O5S2/c1-21-12-15-28-29(20-37)36(47-32(28)16-21)40-33(42)22(2)46-27-11-7-10-25(18-27)38-35(44)30(39-34(43)23-8-5-4-6-9-23)17-24-13-14-26(41)19-31(24)45-3/h4-11,13-14,17-19,21-22,41H,12,15-16H2,1-3H3,(H,38,44)(H,39,43)(H,40,42)/b30-17+. The Morgan fingerprint density at radius 1 is 1.09 bits per heavy atom. The molecule has 240 valence electrons. The van der Waals surface area contributed by atoms with Crippen LogP contribution in [0.4, 0.5) is 10.7 Å². The predicted molar refractivity (Wildman–Crippen MR) is 186 cm³/mol. The number of thioether (sulfide) groups is 1. The molecule has 1 heterocycles. The van der Waals surface area contributed by atoms with E-state index in [1.807, 2.05) is 6.07 Å². The number of nitrogens with one attached hydrogen (secondary N) is 3. The lowest BCUT2D eigenvalue weighted by molar-refractivity contribution is -0.115. The van der Waals surface area contributed by atoms with Gasteiger partial charge in [-0.2, -0.15) is 5.26 Å². The highest BCUT2D eigenvalue weighted by Crippen LogP contribution is 2.39. The molecule has 0 saturated heterocycles. The number of rotatable bonds is 10. The fourth-order valence-corrected chi connectivity index (χ4v) is 7.48. The van der Waals surface area contributed by atoms with E-state index in [-0.39, 0.29) is 17.4 Å². The van der Waals surface area contributed by atoms with Crippen LogP contribution in [-0.2, 0) is 22.4 Å². The average molecular weight is 667 g/mol. The van der Waals surface area contributed by atoms with Gasteiger partial charge in [0.15, 0.2) is 0 Å². The number of ether oxygens (including phenoxy) is 1. The third-order valence-electron chi connectivity index (χ3n) is 7.68. The van der Waals surface area contributed by atoms with Crippen molar-refractivity contribution in [2.75, 3.05) is 17.7 Å². The van der Waals surface area contributed by atoms with Gasteiger partial charge in [-0.25, -0.2) is 0 Å². The highest BCUT2D eigenvalue weighted by molar-refractivity contribution is 8.00. The average Bonchev–Trinajstić information content (AvgIpc) is 3.41. The maximum Gasteiger partial charge on any atom is 0.272 e. The van der Waals surface area contributed by atoms with Crippen LogP contribution in [0, 0.1) is 17.2 Å². The number of methoxy groups -OCH3 is 1. The Morgan fingerprint density at radius 3 is 2.62 bits per heavy atom. The number of hydrogen-bond acceptors (Lipinski definition) is 8. The molecule has 0 fully saturated rings. The SMILES string of the molecule is COc1cc(O)ccc1/C=C(/NC(=O)c1ccccc1)C(=O)Nc1cccc(SC(C)C(=O)Nc2sc3c(c2C#N)CCC(C)C3)c1. The highest BCUT2D eigenvalue weighted by atomic mass is 32.2. The molecule has 47 heavy (non-hydrogen) atoms. The topological polar surface area (TPSA) is 141 Å². The van der Waals surface area contributed by atoms with Crippen molar-refractivity contribution >= 4 is 57.6 Å². The van der Waals surface area contributed by atoms with Gasteiger partial charge < -0.3 is 25.8 Å². The number of nitriles is 1. The minimum atomic E-state index is -0.586. The lowest BCUT2D eigenvalue weighted by atomic mass is 9.89. The Kier molecular flexibility index (Phi) is 10.7. The Morgan fingerprint density at radius 2 is 1.87 bits per heavy atom. The number of carbonyl (C=O) groups is 3. The van der Waals surface area contributed by atoms with Gasteiger partial charge in [0.2, 0.25) is 5.91 Å². The van der Waals surface area contributed by atoms with E-state index in [1.165, 1.54) is 53.3 Å². The summed E-state index contributed by atoms with van der Waals surface area (Å²) in [7, 11) is 1.44. The molecule has 5 rings (SSSR count). The van der Waals surface area contributed by atoms with E-state index >= 15 is 0 Å². The van der Waals surface area contributed by atoms with Crippen molar-refractivity contribution in [2.45, 2.75) is 43.3 Å². The summed E-state index contributed by atoms with van der Waals surface area (Å²) >= 11 is 2.81. The Hall–Kier alpha value is -5.05. The second-order valence-electron chi connectivity index (χ2n) is 11.2. The van der Waals surface area contributed by atoms with E-state index in [4.69, 9.17) is 4.74 Å². The number of anilines is 2. The molecule has 1 aliphatic carbocycles. The number of phenols is 1. The van der Waals surface area contributed by atoms with Crippen LogP contribution in [0.1, 0.15) is 52.2 Å². The molecule has 3 amide bonds. The highest BCUT2D eigenvalue weighted by Gasteiger charge is 2.26. The molecule has 0 radical (unpaired) electrons. The Balaban J connectivity index is 1.31. The first kappa shape index (κ1) is 33.3. The summed E-state index contributed by atoms with van der Waals surface area (Å²) in [4.78, 5) is 41.7. The normalized spacial score (nSPS) is 14.7. The molecular formula is C36H34N4O5S2. The van der Waals surface area contributed by atoms with E-state index < -0.39 is 17.1 Å². The summed E-state index contributed by atoms with van der Waals surface area (Å²) in [5, 5.41) is 28.3. The number of thiophene rings is 1. The minimum Gasteiger partial charge on any atom is -0.508 e. The molecular weight excluding hydrogens is 633 g/mol. The number of phenolic OH excluding ortho intramolecular Hbond substituents is 1. The van der Waals surface area contributed by atoms with Crippen LogP contribution in [0.5, 0.6) is 11.5 Å². The zero-order valence-electron chi connectivity index (χ0n) is 26.1. The number of aromatic hydroxyl groups is 1. The predicted octanol–water partition coefficient (Wildman–Crippen LogP) is 6.99. The van der Waals surface area contributed by atoms with Gasteiger partial charge in [-0.3, -0.25) is 14.4 Å². The lowest BCUT2D eigenvalue weighted by Gasteiger charge is -2.17. The first-order chi connectivity index (χ1) is 22.6. The lowest BCUT2D eigenvalue weighted by Crippen LogP contribution is -2.30. The van der Waals surface area contributed by atoms with Crippen molar-refractivity contribution < 1.29 is 24.2 Å². The number of hydrogen-bond donors (Lipinski definition) is 4. The molecule has 11 heteroatoms. The third-order valence-corrected chi connectivity index (χ3v) is 9.94. The monoisotopic (exact) mass is 666 g/mol. The largest absolute Gasteiger partial charge is 0.508 e. The second kappa shape index (κ2) is 15.0. The van der Waals surface area contributed by atoms with Crippen LogP contribution >= 0.6 is 23.1 Å². The second-order valence-corrected chi connectivity index (χ2v) is 13.7. The number of fused-ring (bicyclic) bond motifs is 1. The van der Waals surface area contributed by atoms with E-state index in [2.05, 4.69) is 28.9 Å². The summed E-state index contributed by atoms with van der Waals surface area (Å²) in [5.41, 5.74) is 2.88. The first-order valence-corrected chi connectivity index (χ1v) is 16.7. The van der Waals surface area contributed by atoms with Crippen molar-refractivity contribution in [1.82, 2.24) is 5.32 Å². The fourth-order valence-electron chi connectivity index (χ4n) is 5.19. The molecule has 9 nitrogen and oxygen atoms in total.